The number of benzene rings is 1. The van der Waals surface area contributed by atoms with Crippen molar-refractivity contribution >= 4 is 23.2 Å². The Morgan fingerprint density at radius 3 is 2.81 bits per heavy atom. The number of carbonyl (C=O) groups excluding carboxylic acids is 1. The predicted octanol–water partition coefficient (Wildman–Crippen LogP) is 3.44. The fourth-order valence-electron chi connectivity index (χ4n) is 2.00. The number of hydrogen-bond acceptors (Lipinski definition) is 3. The number of halogens is 1. The summed E-state index contributed by atoms with van der Waals surface area (Å²) < 4.78 is 6.86. The SMILES string of the molecule is COc1ccc(NC(=O)C[C@@H](C)n2ccc(C)n2)cc1Cl. The monoisotopic (exact) mass is 307 g/mol. The summed E-state index contributed by atoms with van der Waals surface area (Å²) in [6.07, 6.45) is 2.21. The summed E-state index contributed by atoms with van der Waals surface area (Å²) in [6, 6.07) is 7.05. The first-order valence-corrected chi connectivity index (χ1v) is 7.02. The van der Waals surface area contributed by atoms with Crippen molar-refractivity contribution in [2.45, 2.75) is 26.3 Å². The Morgan fingerprint density at radius 2 is 2.24 bits per heavy atom. The number of aromatic nitrogens is 2. The molecule has 1 aromatic heterocycles. The second-order valence-corrected chi connectivity index (χ2v) is 5.29. The maximum absolute atomic E-state index is 12.0. The molecule has 0 aliphatic heterocycles. The summed E-state index contributed by atoms with van der Waals surface area (Å²) in [4.78, 5) is 12.0. The van der Waals surface area contributed by atoms with Crippen LogP contribution in [0, 0.1) is 6.92 Å². The standard InChI is InChI=1S/C15H18ClN3O2/c1-10-6-7-19(18-10)11(2)8-15(20)17-12-4-5-14(21-3)13(16)9-12/h4-7,9,11H,8H2,1-3H3,(H,17,20)/t11-/m1/s1. The Morgan fingerprint density at radius 1 is 1.48 bits per heavy atom. The first kappa shape index (κ1) is 15.4. The van der Waals surface area contributed by atoms with Gasteiger partial charge in [-0.3, -0.25) is 9.48 Å². The van der Waals surface area contributed by atoms with Gasteiger partial charge in [0.2, 0.25) is 5.91 Å². The van der Waals surface area contributed by atoms with Crippen LogP contribution in [0.4, 0.5) is 5.69 Å². The molecule has 1 heterocycles. The molecule has 2 aromatic rings. The molecule has 1 atom stereocenters. The number of rotatable bonds is 5. The molecule has 5 nitrogen and oxygen atoms in total. The number of nitrogens with one attached hydrogen (secondary N) is 1. The molecule has 0 saturated carbocycles. The fourth-order valence-corrected chi connectivity index (χ4v) is 2.25. The van der Waals surface area contributed by atoms with Crippen LogP contribution in [0.3, 0.4) is 0 Å². The lowest BCUT2D eigenvalue weighted by atomic mass is 10.2. The molecule has 0 saturated heterocycles. The van der Waals surface area contributed by atoms with Crippen molar-refractivity contribution in [3.8, 4) is 5.75 Å². The number of hydrogen-bond donors (Lipinski definition) is 1. The Bertz CT molecular complexity index is 640. The number of aryl methyl sites for hydroxylation is 1. The minimum absolute atomic E-state index is 0.00702. The highest BCUT2D eigenvalue weighted by atomic mass is 35.5. The van der Waals surface area contributed by atoms with Crippen molar-refractivity contribution in [1.29, 1.82) is 0 Å². The third-order valence-corrected chi connectivity index (χ3v) is 3.41. The van der Waals surface area contributed by atoms with Crippen LogP contribution >= 0.6 is 11.6 Å². The van der Waals surface area contributed by atoms with Crippen LogP contribution in [-0.2, 0) is 4.79 Å². The summed E-state index contributed by atoms with van der Waals surface area (Å²) in [5.74, 6) is 0.493. The van der Waals surface area contributed by atoms with E-state index in [1.807, 2.05) is 26.1 Å². The van der Waals surface area contributed by atoms with Crippen LogP contribution in [-0.4, -0.2) is 22.8 Å². The molecule has 1 aromatic carbocycles. The van der Waals surface area contributed by atoms with E-state index in [1.54, 1.807) is 30.0 Å². The molecule has 1 amide bonds. The summed E-state index contributed by atoms with van der Waals surface area (Å²) in [5.41, 5.74) is 1.58. The second kappa shape index (κ2) is 6.63. The minimum atomic E-state index is -0.0862. The average Bonchev–Trinajstić information content (AvgIpc) is 2.85. The molecule has 0 radical (unpaired) electrons. The summed E-state index contributed by atoms with van der Waals surface area (Å²) in [6.45, 7) is 3.87. The Kier molecular flexibility index (Phi) is 4.85. The second-order valence-electron chi connectivity index (χ2n) is 4.89. The van der Waals surface area contributed by atoms with Crippen LogP contribution in [0.2, 0.25) is 5.02 Å². The number of nitrogens with zero attached hydrogens (tertiary/aromatic N) is 2. The van der Waals surface area contributed by atoms with Gasteiger partial charge in [0.05, 0.1) is 23.9 Å². The third kappa shape index (κ3) is 3.98. The molecule has 6 heteroatoms. The number of ether oxygens (including phenoxy) is 1. The Balaban J connectivity index is 1.97. The van der Waals surface area contributed by atoms with E-state index in [0.29, 0.717) is 22.9 Å². The fraction of sp³-hybridized carbons (Fsp3) is 0.333. The van der Waals surface area contributed by atoms with Crippen molar-refractivity contribution in [1.82, 2.24) is 9.78 Å². The molecular weight excluding hydrogens is 290 g/mol. The van der Waals surface area contributed by atoms with Gasteiger partial charge in [-0.25, -0.2) is 0 Å². The van der Waals surface area contributed by atoms with Crippen LogP contribution < -0.4 is 10.1 Å². The van der Waals surface area contributed by atoms with Crippen LogP contribution in [0.15, 0.2) is 30.5 Å². The Hall–Kier alpha value is -2.01. The van der Waals surface area contributed by atoms with Gasteiger partial charge in [0.25, 0.3) is 0 Å². The summed E-state index contributed by atoms with van der Waals surface area (Å²) in [7, 11) is 1.55. The molecule has 0 bridgehead atoms. The minimum Gasteiger partial charge on any atom is -0.495 e. The largest absolute Gasteiger partial charge is 0.495 e. The van der Waals surface area contributed by atoms with Gasteiger partial charge in [0, 0.05) is 18.3 Å². The maximum Gasteiger partial charge on any atom is 0.226 e. The topological polar surface area (TPSA) is 56.1 Å². The van der Waals surface area contributed by atoms with E-state index in [4.69, 9.17) is 16.3 Å². The smallest absolute Gasteiger partial charge is 0.226 e. The van der Waals surface area contributed by atoms with E-state index in [1.165, 1.54) is 0 Å². The van der Waals surface area contributed by atoms with Gasteiger partial charge in [-0.05, 0) is 38.1 Å². The summed E-state index contributed by atoms with van der Waals surface area (Å²) in [5, 5.41) is 7.59. The zero-order valence-corrected chi connectivity index (χ0v) is 13.0. The van der Waals surface area contributed by atoms with Crippen LogP contribution in [0.25, 0.3) is 0 Å². The van der Waals surface area contributed by atoms with E-state index in [-0.39, 0.29) is 11.9 Å². The molecule has 0 fully saturated rings. The molecule has 112 valence electrons. The highest BCUT2D eigenvalue weighted by Gasteiger charge is 2.12. The normalized spacial score (nSPS) is 12.0. The van der Waals surface area contributed by atoms with E-state index in [9.17, 15) is 4.79 Å². The number of amides is 1. The number of methoxy groups -OCH3 is 1. The van der Waals surface area contributed by atoms with Gasteiger partial charge in [-0.15, -0.1) is 0 Å². The van der Waals surface area contributed by atoms with E-state index >= 15 is 0 Å². The van der Waals surface area contributed by atoms with Crippen molar-refractivity contribution in [3.63, 3.8) is 0 Å². The van der Waals surface area contributed by atoms with E-state index < -0.39 is 0 Å². The molecule has 0 unspecified atom stereocenters. The molecule has 0 aliphatic rings. The molecule has 1 N–H and O–H groups in total. The van der Waals surface area contributed by atoms with Gasteiger partial charge in [0.15, 0.2) is 0 Å². The van der Waals surface area contributed by atoms with Gasteiger partial charge < -0.3 is 10.1 Å². The number of anilines is 1. The molecule has 21 heavy (non-hydrogen) atoms. The van der Waals surface area contributed by atoms with Crippen molar-refractivity contribution in [2.24, 2.45) is 0 Å². The zero-order valence-electron chi connectivity index (χ0n) is 12.3. The van der Waals surface area contributed by atoms with Crippen molar-refractivity contribution in [3.05, 3.63) is 41.2 Å². The summed E-state index contributed by atoms with van der Waals surface area (Å²) >= 11 is 6.03. The highest BCUT2D eigenvalue weighted by molar-refractivity contribution is 6.32. The Labute approximate surface area is 128 Å². The average molecular weight is 308 g/mol. The van der Waals surface area contributed by atoms with Gasteiger partial charge in [-0.1, -0.05) is 11.6 Å². The molecular formula is C15H18ClN3O2. The van der Waals surface area contributed by atoms with Gasteiger partial charge in [-0.2, -0.15) is 5.10 Å². The lowest BCUT2D eigenvalue weighted by molar-refractivity contribution is -0.116. The zero-order chi connectivity index (χ0) is 15.4. The van der Waals surface area contributed by atoms with E-state index in [0.717, 1.165) is 5.69 Å². The third-order valence-electron chi connectivity index (χ3n) is 3.11. The van der Waals surface area contributed by atoms with Crippen molar-refractivity contribution in [2.75, 3.05) is 12.4 Å². The molecule has 0 spiro atoms. The quantitative estimate of drug-likeness (QED) is 0.920. The molecule has 2 rings (SSSR count). The van der Waals surface area contributed by atoms with Gasteiger partial charge in [0.1, 0.15) is 5.75 Å². The predicted molar refractivity (Wildman–Crippen MR) is 82.9 cm³/mol. The van der Waals surface area contributed by atoms with E-state index in [2.05, 4.69) is 10.4 Å². The lowest BCUT2D eigenvalue weighted by Gasteiger charge is -2.13. The first-order valence-electron chi connectivity index (χ1n) is 6.64. The van der Waals surface area contributed by atoms with Gasteiger partial charge >= 0.3 is 0 Å². The molecule has 0 aliphatic carbocycles. The van der Waals surface area contributed by atoms with Crippen LogP contribution in [0.1, 0.15) is 25.1 Å². The number of carbonyl (C=O) groups is 1. The van der Waals surface area contributed by atoms with Crippen molar-refractivity contribution < 1.29 is 9.53 Å². The maximum atomic E-state index is 12.0. The first-order chi connectivity index (χ1) is 9.99. The highest BCUT2D eigenvalue weighted by Crippen LogP contribution is 2.27. The van der Waals surface area contributed by atoms with Crippen LogP contribution in [0.5, 0.6) is 5.75 Å². The lowest BCUT2D eigenvalue weighted by Crippen LogP contribution is -2.18.